The highest BCUT2D eigenvalue weighted by atomic mass is 32.1. The van der Waals surface area contributed by atoms with Crippen LogP contribution in [0.5, 0.6) is 0 Å². The summed E-state index contributed by atoms with van der Waals surface area (Å²) in [5.41, 5.74) is 7.49. The lowest BCUT2D eigenvalue weighted by Crippen LogP contribution is -2.25. The SMILES string of the molecule is NC(Cc1cc(F)cc(F)c1)Cc1cn2ccsc2n1. The van der Waals surface area contributed by atoms with E-state index in [9.17, 15) is 8.78 Å². The molecule has 0 amide bonds. The summed E-state index contributed by atoms with van der Waals surface area (Å²) in [7, 11) is 0. The Morgan fingerprint density at radius 1 is 1.20 bits per heavy atom. The molecule has 2 N–H and O–H groups in total. The number of nitrogens with zero attached hydrogens (tertiary/aromatic N) is 2. The van der Waals surface area contributed by atoms with Gasteiger partial charge in [-0.1, -0.05) is 0 Å². The molecule has 0 saturated heterocycles. The van der Waals surface area contributed by atoms with Crippen molar-refractivity contribution in [3.8, 4) is 0 Å². The van der Waals surface area contributed by atoms with Crippen molar-refractivity contribution in [1.82, 2.24) is 9.38 Å². The van der Waals surface area contributed by atoms with Gasteiger partial charge in [0.15, 0.2) is 4.96 Å². The molecule has 2 aromatic heterocycles. The minimum Gasteiger partial charge on any atom is -0.327 e. The van der Waals surface area contributed by atoms with E-state index in [0.29, 0.717) is 18.4 Å². The van der Waals surface area contributed by atoms with Gasteiger partial charge in [0.05, 0.1) is 5.69 Å². The summed E-state index contributed by atoms with van der Waals surface area (Å²) in [6, 6.07) is 3.27. The minimum atomic E-state index is -0.574. The highest BCUT2D eigenvalue weighted by Gasteiger charge is 2.10. The second kappa shape index (κ2) is 5.30. The van der Waals surface area contributed by atoms with Crippen LogP contribution in [0.3, 0.4) is 0 Å². The summed E-state index contributed by atoms with van der Waals surface area (Å²) >= 11 is 1.55. The summed E-state index contributed by atoms with van der Waals surface area (Å²) in [6.07, 6.45) is 4.86. The fraction of sp³-hybridized carbons (Fsp3) is 0.214. The van der Waals surface area contributed by atoms with E-state index in [1.807, 2.05) is 22.2 Å². The number of aromatic nitrogens is 2. The maximum atomic E-state index is 13.1. The van der Waals surface area contributed by atoms with Crippen molar-refractivity contribution in [2.24, 2.45) is 5.73 Å². The smallest absolute Gasteiger partial charge is 0.193 e. The predicted molar refractivity (Wildman–Crippen MR) is 74.8 cm³/mol. The third kappa shape index (κ3) is 2.86. The Morgan fingerprint density at radius 2 is 1.95 bits per heavy atom. The molecule has 0 radical (unpaired) electrons. The van der Waals surface area contributed by atoms with E-state index in [-0.39, 0.29) is 6.04 Å². The lowest BCUT2D eigenvalue weighted by molar-refractivity contribution is 0.574. The number of imidazole rings is 1. The molecule has 3 rings (SSSR count). The largest absolute Gasteiger partial charge is 0.327 e. The van der Waals surface area contributed by atoms with Gasteiger partial charge >= 0.3 is 0 Å². The van der Waals surface area contributed by atoms with E-state index in [4.69, 9.17) is 5.73 Å². The fourth-order valence-corrected chi connectivity index (χ4v) is 2.97. The van der Waals surface area contributed by atoms with Crippen molar-refractivity contribution in [3.63, 3.8) is 0 Å². The molecule has 1 aromatic carbocycles. The summed E-state index contributed by atoms with van der Waals surface area (Å²) in [4.78, 5) is 5.36. The Kier molecular flexibility index (Phi) is 3.50. The number of fused-ring (bicyclic) bond motifs is 1. The molecule has 0 saturated carbocycles. The summed E-state index contributed by atoms with van der Waals surface area (Å²) in [5, 5.41) is 1.96. The zero-order valence-corrected chi connectivity index (χ0v) is 11.4. The number of rotatable bonds is 4. The van der Waals surface area contributed by atoms with E-state index < -0.39 is 11.6 Å². The van der Waals surface area contributed by atoms with E-state index in [2.05, 4.69) is 4.98 Å². The normalized spacial score (nSPS) is 12.9. The molecule has 104 valence electrons. The van der Waals surface area contributed by atoms with Crippen LogP contribution in [0.15, 0.2) is 36.0 Å². The van der Waals surface area contributed by atoms with Crippen molar-refractivity contribution in [3.05, 3.63) is 58.9 Å². The molecule has 0 bridgehead atoms. The van der Waals surface area contributed by atoms with Crippen LogP contribution in [-0.4, -0.2) is 15.4 Å². The first kappa shape index (κ1) is 13.2. The molecule has 0 aliphatic rings. The number of halogens is 2. The predicted octanol–water partition coefficient (Wildman–Crippen LogP) is 2.79. The van der Waals surface area contributed by atoms with Crippen LogP contribution in [0.4, 0.5) is 8.78 Å². The van der Waals surface area contributed by atoms with Gasteiger partial charge < -0.3 is 5.73 Å². The first-order chi connectivity index (χ1) is 9.60. The van der Waals surface area contributed by atoms with E-state index >= 15 is 0 Å². The highest BCUT2D eigenvalue weighted by Crippen LogP contribution is 2.14. The second-order valence-corrected chi connectivity index (χ2v) is 5.64. The summed E-state index contributed by atoms with van der Waals surface area (Å²) in [6.45, 7) is 0. The topological polar surface area (TPSA) is 43.3 Å². The van der Waals surface area contributed by atoms with Gasteiger partial charge in [-0.15, -0.1) is 11.3 Å². The number of hydrogen-bond acceptors (Lipinski definition) is 3. The average Bonchev–Trinajstić information content (AvgIpc) is 2.87. The quantitative estimate of drug-likeness (QED) is 0.804. The van der Waals surface area contributed by atoms with Crippen molar-refractivity contribution >= 4 is 16.3 Å². The van der Waals surface area contributed by atoms with Gasteiger partial charge in [-0.2, -0.15) is 0 Å². The molecule has 2 heterocycles. The maximum absolute atomic E-state index is 13.1. The number of hydrogen-bond donors (Lipinski definition) is 1. The standard InChI is InChI=1S/C14H13F2N3S/c15-10-3-9(4-11(16)6-10)5-12(17)7-13-8-19-1-2-20-14(19)18-13/h1-4,6,8,12H,5,7,17H2. The Hall–Kier alpha value is -1.79. The number of nitrogens with two attached hydrogens (primary N) is 1. The third-order valence-corrected chi connectivity index (χ3v) is 3.81. The van der Waals surface area contributed by atoms with Crippen LogP contribution in [0, 0.1) is 11.6 Å². The zero-order chi connectivity index (χ0) is 14.1. The molecule has 20 heavy (non-hydrogen) atoms. The fourth-order valence-electron chi connectivity index (χ4n) is 2.25. The van der Waals surface area contributed by atoms with Gasteiger partial charge in [-0.05, 0) is 24.1 Å². The minimum absolute atomic E-state index is 0.221. The van der Waals surface area contributed by atoms with Gasteiger partial charge in [0.2, 0.25) is 0 Å². The van der Waals surface area contributed by atoms with E-state index in [1.165, 1.54) is 12.1 Å². The Bertz CT molecular complexity index is 686. The van der Waals surface area contributed by atoms with Crippen molar-refractivity contribution < 1.29 is 8.78 Å². The zero-order valence-electron chi connectivity index (χ0n) is 10.6. The molecule has 3 nitrogen and oxygen atoms in total. The van der Waals surface area contributed by atoms with Crippen LogP contribution < -0.4 is 5.73 Å². The second-order valence-electron chi connectivity index (χ2n) is 4.77. The molecule has 0 spiro atoms. The number of benzene rings is 1. The maximum Gasteiger partial charge on any atom is 0.193 e. The lowest BCUT2D eigenvalue weighted by atomic mass is 10.0. The first-order valence-corrected chi connectivity index (χ1v) is 7.10. The molecule has 0 aliphatic heterocycles. The van der Waals surface area contributed by atoms with Gasteiger partial charge in [0.1, 0.15) is 11.6 Å². The first-order valence-electron chi connectivity index (χ1n) is 6.22. The third-order valence-electron chi connectivity index (χ3n) is 3.03. The van der Waals surface area contributed by atoms with E-state index in [0.717, 1.165) is 16.7 Å². The van der Waals surface area contributed by atoms with Gasteiger partial charge in [-0.3, -0.25) is 4.40 Å². The van der Waals surface area contributed by atoms with Crippen molar-refractivity contribution in [2.75, 3.05) is 0 Å². The van der Waals surface area contributed by atoms with Crippen LogP contribution in [0.2, 0.25) is 0 Å². The Labute approximate surface area is 118 Å². The van der Waals surface area contributed by atoms with Gasteiger partial charge in [0, 0.05) is 36.3 Å². The van der Waals surface area contributed by atoms with Crippen LogP contribution in [0.1, 0.15) is 11.3 Å². The molecular formula is C14H13F2N3S. The average molecular weight is 293 g/mol. The summed E-state index contributed by atoms with van der Waals surface area (Å²) < 4.78 is 28.2. The Balaban J connectivity index is 1.69. The number of thiazole rings is 1. The molecule has 0 fully saturated rings. The van der Waals surface area contributed by atoms with Crippen LogP contribution >= 0.6 is 11.3 Å². The monoisotopic (exact) mass is 293 g/mol. The molecule has 0 aliphatic carbocycles. The van der Waals surface area contributed by atoms with E-state index in [1.54, 1.807) is 11.3 Å². The van der Waals surface area contributed by atoms with Crippen LogP contribution in [-0.2, 0) is 12.8 Å². The van der Waals surface area contributed by atoms with Gasteiger partial charge in [0.25, 0.3) is 0 Å². The lowest BCUT2D eigenvalue weighted by Gasteiger charge is -2.10. The van der Waals surface area contributed by atoms with Crippen molar-refractivity contribution in [1.29, 1.82) is 0 Å². The molecule has 6 heteroatoms. The molecule has 1 unspecified atom stereocenters. The molecular weight excluding hydrogens is 280 g/mol. The molecule has 3 aromatic rings. The molecule has 1 atom stereocenters. The van der Waals surface area contributed by atoms with Crippen LogP contribution in [0.25, 0.3) is 4.96 Å². The summed E-state index contributed by atoms with van der Waals surface area (Å²) in [5.74, 6) is -1.15. The van der Waals surface area contributed by atoms with Gasteiger partial charge in [-0.25, -0.2) is 13.8 Å². The highest BCUT2D eigenvalue weighted by molar-refractivity contribution is 7.15. The van der Waals surface area contributed by atoms with Crippen molar-refractivity contribution in [2.45, 2.75) is 18.9 Å². The Morgan fingerprint density at radius 3 is 2.65 bits per heavy atom.